The number of nitrogens with one attached hydrogen (secondary N) is 1. The molecular formula is C26H28N6O3. The molecule has 9 nitrogen and oxygen atoms in total. The molecule has 1 aliphatic heterocycles. The van der Waals surface area contributed by atoms with E-state index in [9.17, 15) is 4.79 Å². The van der Waals surface area contributed by atoms with Crippen molar-refractivity contribution in [2.75, 3.05) is 46.3 Å². The fraction of sp³-hybridized carbons (Fsp3) is 0.308. The zero-order valence-electron chi connectivity index (χ0n) is 20.3. The fourth-order valence-corrected chi connectivity index (χ4v) is 4.27. The molecule has 0 aliphatic carbocycles. The van der Waals surface area contributed by atoms with E-state index in [0.717, 1.165) is 45.5 Å². The summed E-state index contributed by atoms with van der Waals surface area (Å²) in [4.78, 5) is 25.9. The average molecular weight is 473 g/mol. The Hall–Kier alpha value is -4.14. The van der Waals surface area contributed by atoms with Gasteiger partial charge in [-0.3, -0.25) is 9.89 Å². The molecule has 1 unspecified atom stereocenters. The number of aromatic nitrogens is 4. The molecule has 0 bridgehead atoms. The summed E-state index contributed by atoms with van der Waals surface area (Å²) < 4.78 is 11.4. The Morgan fingerprint density at radius 3 is 2.74 bits per heavy atom. The van der Waals surface area contributed by atoms with Gasteiger partial charge in [-0.25, -0.2) is 9.97 Å². The first-order valence-corrected chi connectivity index (χ1v) is 11.4. The minimum absolute atomic E-state index is 0.00572. The summed E-state index contributed by atoms with van der Waals surface area (Å²) in [6.45, 7) is 0.688. The minimum atomic E-state index is -0.0238. The van der Waals surface area contributed by atoms with Crippen LogP contribution in [0.4, 0.5) is 5.82 Å². The molecule has 1 atom stereocenters. The lowest BCUT2D eigenvalue weighted by atomic mass is 9.95. The number of likely N-dealkylation sites (N-methyl/N-ethyl adjacent to an activating group) is 2. The highest BCUT2D eigenvalue weighted by Gasteiger charge is 2.26. The van der Waals surface area contributed by atoms with Gasteiger partial charge in [0.1, 0.15) is 23.1 Å². The maximum absolute atomic E-state index is 12.5. The van der Waals surface area contributed by atoms with E-state index in [1.165, 1.54) is 0 Å². The average Bonchev–Trinajstić information content (AvgIpc) is 3.42. The molecule has 9 heteroatoms. The van der Waals surface area contributed by atoms with Gasteiger partial charge >= 0.3 is 0 Å². The van der Waals surface area contributed by atoms with Crippen molar-refractivity contribution in [3.8, 4) is 22.6 Å². The number of carbonyl (C=O) groups excluding carboxylic acids is 1. The lowest BCUT2D eigenvalue weighted by Crippen LogP contribution is -2.35. The molecule has 0 radical (unpaired) electrons. The smallest absolute Gasteiger partial charge is 0.241 e. The molecule has 2 aromatic heterocycles. The van der Waals surface area contributed by atoms with Crippen molar-refractivity contribution in [1.29, 1.82) is 0 Å². The molecule has 0 fully saturated rings. The molecule has 35 heavy (non-hydrogen) atoms. The highest BCUT2D eigenvalue weighted by molar-refractivity contribution is 5.94. The molecule has 0 saturated carbocycles. The molecule has 0 saturated heterocycles. The number of amides is 1. The largest absolute Gasteiger partial charge is 0.497 e. The standard InChI is InChI=1S/C26H28N6O3/c1-31(2)24(33)14-32(3)26-21-11-16(19-12-27-28-13-19)5-7-22(21)29-25(30-26)18-9-17-10-20(34-4)6-8-23(17)35-15-18/h5-8,10-13,18H,9,14-15H2,1-4H3,(H,27,28). The van der Waals surface area contributed by atoms with Gasteiger partial charge in [-0.1, -0.05) is 6.07 Å². The third-order valence-electron chi connectivity index (χ3n) is 6.30. The van der Waals surface area contributed by atoms with Gasteiger partial charge in [-0.05, 0) is 47.9 Å². The summed E-state index contributed by atoms with van der Waals surface area (Å²) in [7, 11) is 7.04. The highest BCUT2D eigenvalue weighted by Crippen LogP contribution is 2.36. The van der Waals surface area contributed by atoms with Gasteiger partial charge in [0.15, 0.2) is 0 Å². The zero-order chi connectivity index (χ0) is 24.5. The predicted octanol–water partition coefficient (Wildman–Crippen LogP) is 3.27. The van der Waals surface area contributed by atoms with Gasteiger partial charge in [0, 0.05) is 38.3 Å². The number of fused-ring (bicyclic) bond motifs is 2. The van der Waals surface area contributed by atoms with Crippen LogP contribution in [0.2, 0.25) is 0 Å². The SMILES string of the molecule is COc1ccc2c(c1)CC(c1nc(N(C)CC(=O)N(C)C)c3cc(-c4cn[nH]c4)ccc3n1)CO2. The van der Waals surface area contributed by atoms with Crippen molar-refractivity contribution in [1.82, 2.24) is 25.1 Å². The number of anilines is 1. The van der Waals surface area contributed by atoms with Crippen LogP contribution in [0.25, 0.3) is 22.0 Å². The van der Waals surface area contributed by atoms with Crippen LogP contribution in [0, 0.1) is 0 Å². The van der Waals surface area contributed by atoms with Crippen molar-refractivity contribution in [3.63, 3.8) is 0 Å². The number of ether oxygens (including phenoxy) is 2. The number of nitrogens with zero attached hydrogens (tertiary/aromatic N) is 5. The maximum Gasteiger partial charge on any atom is 0.241 e. The summed E-state index contributed by atoms with van der Waals surface area (Å²) in [6.07, 6.45) is 4.37. The fourth-order valence-electron chi connectivity index (χ4n) is 4.27. The summed E-state index contributed by atoms with van der Waals surface area (Å²) in [5.74, 6) is 3.03. The van der Waals surface area contributed by atoms with Crippen molar-refractivity contribution in [2.24, 2.45) is 0 Å². The van der Waals surface area contributed by atoms with Crippen LogP contribution in [0.3, 0.4) is 0 Å². The third kappa shape index (κ3) is 4.49. The quantitative estimate of drug-likeness (QED) is 0.460. The Morgan fingerprint density at radius 2 is 2.00 bits per heavy atom. The number of hydrogen-bond acceptors (Lipinski definition) is 7. The van der Waals surface area contributed by atoms with Crippen molar-refractivity contribution in [2.45, 2.75) is 12.3 Å². The Kier molecular flexibility index (Phi) is 5.98. The molecule has 3 heterocycles. The lowest BCUT2D eigenvalue weighted by molar-refractivity contribution is -0.127. The Bertz CT molecular complexity index is 1370. The molecule has 5 rings (SSSR count). The highest BCUT2D eigenvalue weighted by atomic mass is 16.5. The van der Waals surface area contributed by atoms with E-state index < -0.39 is 0 Å². The van der Waals surface area contributed by atoms with Crippen LogP contribution in [0.5, 0.6) is 11.5 Å². The van der Waals surface area contributed by atoms with Crippen molar-refractivity contribution >= 4 is 22.6 Å². The number of hydrogen-bond donors (Lipinski definition) is 1. The van der Waals surface area contributed by atoms with E-state index >= 15 is 0 Å². The number of carbonyl (C=O) groups is 1. The molecule has 0 spiro atoms. The van der Waals surface area contributed by atoms with E-state index in [1.807, 2.05) is 54.5 Å². The summed E-state index contributed by atoms with van der Waals surface area (Å²) in [5, 5.41) is 7.79. The van der Waals surface area contributed by atoms with E-state index in [0.29, 0.717) is 18.2 Å². The van der Waals surface area contributed by atoms with E-state index in [-0.39, 0.29) is 18.4 Å². The molecule has 1 N–H and O–H groups in total. The summed E-state index contributed by atoms with van der Waals surface area (Å²) >= 11 is 0. The van der Waals surface area contributed by atoms with Gasteiger partial charge in [0.2, 0.25) is 5.91 Å². The topological polar surface area (TPSA) is 96.5 Å². The molecule has 180 valence electrons. The second-order valence-electron chi connectivity index (χ2n) is 8.95. The van der Waals surface area contributed by atoms with Gasteiger partial charge in [0.05, 0.1) is 37.9 Å². The predicted molar refractivity (Wildman–Crippen MR) is 134 cm³/mol. The van der Waals surface area contributed by atoms with E-state index in [4.69, 9.17) is 19.4 Å². The number of aromatic amines is 1. The third-order valence-corrected chi connectivity index (χ3v) is 6.30. The molecule has 4 aromatic rings. The van der Waals surface area contributed by atoms with Crippen molar-refractivity contribution < 1.29 is 14.3 Å². The van der Waals surface area contributed by atoms with Crippen LogP contribution in [-0.2, 0) is 11.2 Å². The second-order valence-corrected chi connectivity index (χ2v) is 8.95. The van der Waals surface area contributed by atoms with E-state index in [1.54, 1.807) is 32.3 Å². The lowest BCUT2D eigenvalue weighted by Gasteiger charge is -2.27. The van der Waals surface area contributed by atoms with E-state index in [2.05, 4.69) is 10.2 Å². The normalized spacial score (nSPS) is 14.8. The zero-order valence-corrected chi connectivity index (χ0v) is 20.3. The molecule has 1 amide bonds. The second kappa shape index (κ2) is 9.25. The van der Waals surface area contributed by atoms with Crippen LogP contribution >= 0.6 is 0 Å². The first-order valence-electron chi connectivity index (χ1n) is 11.4. The number of benzene rings is 2. The summed E-state index contributed by atoms with van der Waals surface area (Å²) in [5.41, 5.74) is 3.86. The Morgan fingerprint density at radius 1 is 1.14 bits per heavy atom. The minimum Gasteiger partial charge on any atom is -0.497 e. The van der Waals surface area contributed by atoms with Crippen molar-refractivity contribution in [3.05, 3.63) is 60.2 Å². The monoisotopic (exact) mass is 472 g/mol. The van der Waals surface area contributed by atoms with Crippen LogP contribution in [-0.4, -0.2) is 72.4 Å². The molecule has 2 aromatic carbocycles. The molecule has 1 aliphatic rings. The Balaban J connectivity index is 1.57. The first kappa shape index (κ1) is 22.6. The Labute approximate surface area is 203 Å². The van der Waals surface area contributed by atoms with Gasteiger partial charge in [-0.15, -0.1) is 0 Å². The number of rotatable bonds is 6. The molecular weight excluding hydrogens is 444 g/mol. The van der Waals surface area contributed by atoms with Gasteiger partial charge in [0.25, 0.3) is 0 Å². The van der Waals surface area contributed by atoms with Gasteiger partial charge in [-0.2, -0.15) is 5.10 Å². The maximum atomic E-state index is 12.5. The van der Waals surface area contributed by atoms with Gasteiger partial charge < -0.3 is 19.3 Å². The summed E-state index contributed by atoms with van der Waals surface area (Å²) in [6, 6.07) is 11.9. The number of H-pyrrole nitrogens is 1. The van der Waals surface area contributed by atoms with Crippen LogP contribution in [0.1, 0.15) is 17.3 Å². The first-order chi connectivity index (χ1) is 16.9. The van der Waals surface area contributed by atoms with Crippen LogP contribution in [0.15, 0.2) is 48.8 Å². The number of methoxy groups -OCH3 is 1. The van der Waals surface area contributed by atoms with Crippen LogP contribution < -0.4 is 14.4 Å².